The monoisotopic (exact) mass is 608 g/mol. The van der Waals surface area contributed by atoms with Crippen LogP contribution in [-0.2, 0) is 0 Å². The molecular weight excluding hydrogens is 577 g/mol. The lowest BCUT2D eigenvalue weighted by Crippen LogP contribution is -1.94. The van der Waals surface area contributed by atoms with Gasteiger partial charge >= 0.3 is 0 Å². The van der Waals surface area contributed by atoms with Gasteiger partial charge in [0.2, 0.25) is 0 Å². The van der Waals surface area contributed by atoms with Crippen molar-refractivity contribution in [2.24, 2.45) is 0 Å². The highest BCUT2D eigenvalue weighted by Gasteiger charge is 2.21. The van der Waals surface area contributed by atoms with Crippen molar-refractivity contribution in [1.29, 1.82) is 0 Å². The Kier molecular flexibility index (Phi) is 6.91. The number of benzene rings is 9. The van der Waals surface area contributed by atoms with Crippen molar-refractivity contribution in [2.45, 2.75) is 0 Å². The van der Waals surface area contributed by atoms with Gasteiger partial charge in [-0.15, -0.1) is 0 Å². The first-order chi connectivity index (χ1) is 23.8. The average molecular weight is 609 g/mol. The minimum atomic E-state index is 1.21. The summed E-state index contributed by atoms with van der Waals surface area (Å²) in [6.07, 6.45) is 0. The molecule has 0 bridgehead atoms. The second-order valence-corrected chi connectivity index (χ2v) is 12.4. The molecule has 0 aliphatic heterocycles. The lowest BCUT2D eigenvalue weighted by atomic mass is 9.82. The van der Waals surface area contributed by atoms with Gasteiger partial charge in [0.1, 0.15) is 0 Å². The van der Waals surface area contributed by atoms with E-state index in [2.05, 4.69) is 194 Å². The van der Waals surface area contributed by atoms with E-state index in [4.69, 9.17) is 0 Å². The minimum Gasteiger partial charge on any atom is -0.0622 e. The van der Waals surface area contributed by atoms with E-state index in [9.17, 15) is 0 Å². The van der Waals surface area contributed by atoms with Crippen LogP contribution in [0.25, 0.3) is 88.0 Å². The summed E-state index contributed by atoms with van der Waals surface area (Å²) in [7, 11) is 0. The van der Waals surface area contributed by atoms with Crippen LogP contribution in [0.3, 0.4) is 0 Å². The van der Waals surface area contributed by atoms with Crippen LogP contribution < -0.4 is 0 Å². The second kappa shape index (κ2) is 11.8. The van der Waals surface area contributed by atoms with Crippen molar-refractivity contribution in [3.8, 4) is 55.6 Å². The number of hydrogen-bond donors (Lipinski definition) is 0. The predicted octanol–water partition coefficient (Wildman–Crippen LogP) is 13.5. The molecule has 0 spiro atoms. The van der Waals surface area contributed by atoms with E-state index >= 15 is 0 Å². The molecule has 0 saturated carbocycles. The lowest BCUT2D eigenvalue weighted by molar-refractivity contribution is 1.57. The van der Waals surface area contributed by atoms with Crippen LogP contribution in [0, 0.1) is 0 Å². The van der Waals surface area contributed by atoms with Gasteiger partial charge in [0.25, 0.3) is 0 Å². The maximum atomic E-state index is 2.43. The molecule has 0 atom stereocenters. The normalized spacial score (nSPS) is 11.3. The minimum absolute atomic E-state index is 1.21. The molecule has 0 aliphatic rings. The molecule has 48 heavy (non-hydrogen) atoms. The molecule has 0 amide bonds. The van der Waals surface area contributed by atoms with E-state index in [-0.39, 0.29) is 0 Å². The summed E-state index contributed by atoms with van der Waals surface area (Å²) in [5.74, 6) is 0. The fourth-order valence-electron chi connectivity index (χ4n) is 7.46. The SMILES string of the molecule is c1ccc(-c2ccccc2-c2ccc(-c3ccc4ccccc4c3)cc2-c2c3ccccc3c(-c3ccccc3)c3ccccc23)cc1. The van der Waals surface area contributed by atoms with E-state index in [0.29, 0.717) is 0 Å². The third-order valence-corrected chi connectivity index (χ3v) is 9.67. The zero-order valence-corrected chi connectivity index (χ0v) is 26.5. The zero-order chi connectivity index (χ0) is 31.9. The molecule has 9 aromatic rings. The summed E-state index contributed by atoms with van der Waals surface area (Å²) in [6.45, 7) is 0. The molecule has 0 saturated heterocycles. The Labute approximate surface area is 281 Å². The first kappa shape index (κ1) is 28.0. The van der Waals surface area contributed by atoms with E-state index in [0.717, 1.165) is 0 Å². The second-order valence-electron chi connectivity index (χ2n) is 12.4. The lowest BCUT2D eigenvalue weighted by Gasteiger charge is -2.21. The van der Waals surface area contributed by atoms with Gasteiger partial charge in [0.15, 0.2) is 0 Å². The molecule has 9 rings (SSSR count). The van der Waals surface area contributed by atoms with Crippen molar-refractivity contribution < 1.29 is 0 Å². The smallest absolute Gasteiger partial charge is 0.00199 e. The van der Waals surface area contributed by atoms with Crippen LogP contribution in [0.5, 0.6) is 0 Å². The van der Waals surface area contributed by atoms with Gasteiger partial charge in [0, 0.05) is 0 Å². The summed E-state index contributed by atoms with van der Waals surface area (Å²) in [4.78, 5) is 0. The molecule has 0 heterocycles. The van der Waals surface area contributed by atoms with E-state index in [1.165, 1.54) is 88.0 Å². The number of fused-ring (bicyclic) bond motifs is 3. The highest BCUT2D eigenvalue weighted by molar-refractivity contribution is 6.22. The maximum Gasteiger partial charge on any atom is -0.00199 e. The van der Waals surface area contributed by atoms with Crippen molar-refractivity contribution in [2.75, 3.05) is 0 Å². The number of hydrogen-bond acceptors (Lipinski definition) is 0. The highest BCUT2D eigenvalue weighted by Crippen LogP contribution is 2.48. The Balaban J connectivity index is 1.40. The van der Waals surface area contributed by atoms with E-state index in [1.54, 1.807) is 0 Å². The van der Waals surface area contributed by atoms with Crippen LogP contribution in [-0.4, -0.2) is 0 Å². The van der Waals surface area contributed by atoms with Crippen molar-refractivity contribution >= 4 is 32.3 Å². The predicted molar refractivity (Wildman–Crippen MR) is 206 cm³/mol. The highest BCUT2D eigenvalue weighted by atomic mass is 14.2. The fraction of sp³-hybridized carbons (Fsp3) is 0. The van der Waals surface area contributed by atoms with Crippen LogP contribution in [0.15, 0.2) is 194 Å². The third-order valence-electron chi connectivity index (χ3n) is 9.67. The van der Waals surface area contributed by atoms with Crippen molar-refractivity contribution in [3.05, 3.63) is 194 Å². The van der Waals surface area contributed by atoms with Gasteiger partial charge in [-0.05, 0) is 100 Å². The van der Waals surface area contributed by atoms with Gasteiger partial charge in [-0.25, -0.2) is 0 Å². The summed E-state index contributed by atoms with van der Waals surface area (Å²) in [5, 5.41) is 7.53. The summed E-state index contributed by atoms with van der Waals surface area (Å²) >= 11 is 0. The quantitative estimate of drug-likeness (QED) is 0.171. The van der Waals surface area contributed by atoms with Gasteiger partial charge in [-0.3, -0.25) is 0 Å². The maximum absolute atomic E-state index is 2.43. The van der Waals surface area contributed by atoms with Crippen LogP contribution in [0.2, 0.25) is 0 Å². The van der Waals surface area contributed by atoms with E-state index < -0.39 is 0 Å². The summed E-state index contributed by atoms with van der Waals surface area (Å²) < 4.78 is 0. The van der Waals surface area contributed by atoms with Crippen LogP contribution in [0.1, 0.15) is 0 Å². The Hall–Kier alpha value is -6.24. The molecule has 9 aromatic carbocycles. The fourth-order valence-corrected chi connectivity index (χ4v) is 7.46. The molecule has 0 aromatic heterocycles. The van der Waals surface area contributed by atoms with Crippen LogP contribution in [0.4, 0.5) is 0 Å². The Morgan fingerprint density at radius 3 is 1.33 bits per heavy atom. The van der Waals surface area contributed by atoms with Gasteiger partial charge in [0.05, 0.1) is 0 Å². The van der Waals surface area contributed by atoms with Gasteiger partial charge in [-0.2, -0.15) is 0 Å². The third kappa shape index (κ3) is 4.78. The average Bonchev–Trinajstić information content (AvgIpc) is 3.17. The Morgan fingerprint density at radius 2 is 0.667 bits per heavy atom. The summed E-state index contributed by atoms with van der Waals surface area (Å²) in [5.41, 5.74) is 12.3. The molecule has 0 unspecified atom stereocenters. The molecule has 0 aliphatic carbocycles. The molecule has 0 N–H and O–H groups in total. The molecule has 0 radical (unpaired) electrons. The van der Waals surface area contributed by atoms with Crippen molar-refractivity contribution in [3.63, 3.8) is 0 Å². The number of rotatable bonds is 5. The molecule has 0 heteroatoms. The summed E-state index contributed by atoms with van der Waals surface area (Å²) in [6, 6.07) is 70.8. The molecular formula is C48H32. The Bertz CT molecular complexity index is 2540. The largest absolute Gasteiger partial charge is 0.0622 e. The Morgan fingerprint density at radius 1 is 0.208 bits per heavy atom. The molecule has 0 nitrogen and oxygen atoms in total. The standard InChI is InChI=1S/C48H32/c1-3-16-34(17-4-1)39-21-9-10-22-40(39)41-30-29-38(37-28-27-33-15-7-8-20-36(33)31-37)32-46(41)48-44-25-13-11-23-42(44)47(35-18-5-2-6-19-35)43-24-12-14-26-45(43)48/h1-32H. The topological polar surface area (TPSA) is 0 Å². The van der Waals surface area contributed by atoms with Crippen molar-refractivity contribution in [1.82, 2.24) is 0 Å². The van der Waals surface area contributed by atoms with Gasteiger partial charge < -0.3 is 0 Å². The first-order valence-corrected chi connectivity index (χ1v) is 16.6. The van der Waals surface area contributed by atoms with Crippen LogP contribution >= 0.6 is 0 Å². The first-order valence-electron chi connectivity index (χ1n) is 16.6. The molecule has 224 valence electrons. The van der Waals surface area contributed by atoms with Gasteiger partial charge in [-0.1, -0.05) is 182 Å². The molecule has 0 fully saturated rings. The zero-order valence-electron chi connectivity index (χ0n) is 26.5. The van der Waals surface area contributed by atoms with E-state index in [1.807, 2.05) is 0 Å².